The number of benzene rings is 4. The molecule has 2 aliphatic rings. The maximum absolute atomic E-state index is 12.8. The molecule has 0 saturated heterocycles. The van der Waals surface area contributed by atoms with Gasteiger partial charge in [-0.15, -0.1) is 0 Å². The van der Waals surface area contributed by atoms with Crippen molar-refractivity contribution in [2.24, 2.45) is 0 Å². The third-order valence-electron chi connectivity index (χ3n) is 14.1. The first kappa shape index (κ1) is 58.5. The van der Waals surface area contributed by atoms with Crippen molar-refractivity contribution in [2.45, 2.75) is 142 Å². The number of nitrogens with zero attached hydrogens (tertiary/aromatic N) is 2. The van der Waals surface area contributed by atoms with E-state index in [9.17, 15) is 28.8 Å². The third kappa shape index (κ3) is 13.3. The molecular formula is C56H75BrN2O10Si2. The highest BCUT2D eigenvalue weighted by Gasteiger charge is 2.46. The Balaban J connectivity index is 0.000000259. The number of halogens is 1. The monoisotopic (exact) mass is 1070 g/mol. The number of carbonyl (C=O) groups excluding carboxylic acids is 6. The molecule has 0 spiro atoms. The van der Waals surface area contributed by atoms with Crippen LogP contribution >= 0.6 is 15.9 Å². The van der Waals surface area contributed by atoms with Gasteiger partial charge >= 0.3 is 11.9 Å². The van der Waals surface area contributed by atoms with Crippen LogP contribution in [0.25, 0.3) is 0 Å². The fourth-order valence-electron chi connectivity index (χ4n) is 10.6. The molecule has 0 aromatic heterocycles. The molecule has 4 aromatic carbocycles. The predicted molar refractivity (Wildman–Crippen MR) is 288 cm³/mol. The van der Waals surface area contributed by atoms with E-state index in [0.29, 0.717) is 80.7 Å². The number of carbonyl (C=O) groups is 6. The van der Waals surface area contributed by atoms with Gasteiger partial charge in [0.1, 0.15) is 0 Å². The van der Waals surface area contributed by atoms with Crippen molar-refractivity contribution in [3.8, 4) is 0 Å². The van der Waals surface area contributed by atoms with Gasteiger partial charge in [0.25, 0.3) is 23.6 Å². The van der Waals surface area contributed by atoms with Crippen molar-refractivity contribution >= 4 is 68.1 Å². The van der Waals surface area contributed by atoms with Gasteiger partial charge in [-0.2, -0.15) is 0 Å². The number of imide groups is 2. The molecule has 71 heavy (non-hydrogen) atoms. The van der Waals surface area contributed by atoms with Crippen LogP contribution in [0.1, 0.15) is 153 Å². The minimum absolute atomic E-state index is 0.0705. The standard InChI is InChI=1S/C28H37NO5Si.C19H32O3Si.C9H6BrNO2/c1-18(2)35(19(3)4,20(5)6)34-17-21-12-14-22(15-13-21)25(28(32)33-7)16-29-26(30)23-10-8-9-11-24(23)27(29)31;1-14(2)23(15(3)4,16(5)6)22-13-18-10-8-17(9-11-18)12-19(20)21-7;10-5-11-8(12)6-3-1-2-4-7(6)9(11)13/h8-15,18-20,25H,16-17H2,1-7H3;8-11,14-16H,12-13H2,1-7H3;1-4H,5H2. The first-order valence-corrected chi connectivity index (χ1v) is 30.0. The summed E-state index contributed by atoms with van der Waals surface area (Å²) in [6.45, 7) is 28.4. The first-order chi connectivity index (χ1) is 33.5. The second-order valence-electron chi connectivity index (χ2n) is 20.1. The number of hydrogen-bond acceptors (Lipinski definition) is 10. The van der Waals surface area contributed by atoms with Crippen molar-refractivity contribution in [1.82, 2.24) is 9.80 Å². The molecule has 4 aromatic rings. The first-order valence-electron chi connectivity index (χ1n) is 24.6. The summed E-state index contributed by atoms with van der Waals surface area (Å²) in [7, 11) is -1.10. The van der Waals surface area contributed by atoms with Crippen molar-refractivity contribution < 1.29 is 47.1 Å². The highest BCUT2D eigenvalue weighted by molar-refractivity contribution is 9.09. The van der Waals surface area contributed by atoms with Crippen LogP contribution in [0.4, 0.5) is 0 Å². The Kier molecular flexibility index (Phi) is 21.5. The fourth-order valence-corrected chi connectivity index (χ4v) is 21.9. The number of fused-ring (bicyclic) bond motifs is 2. The zero-order valence-electron chi connectivity index (χ0n) is 44.2. The molecule has 6 rings (SSSR count). The van der Waals surface area contributed by atoms with Crippen LogP contribution in [0.3, 0.4) is 0 Å². The Bertz CT molecular complexity index is 2360. The number of alkyl halides is 1. The Morgan fingerprint density at radius 1 is 0.479 bits per heavy atom. The maximum atomic E-state index is 12.8. The Morgan fingerprint density at radius 2 is 0.803 bits per heavy atom. The third-order valence-corrected chi connectivity index (χ3v) is 26.7. The van der Waals surface area contributed by atoms with Gasteiger partial charge < -0.3 is 18.3 Å². The van der Waals surface area contributed by atoms with Gasteiger partial charge in [-0.3, -0.25) is 38.6 Å². The van der Waals surface area contributed by atoms with E-state index >= 15 is 0 Å². The summed E-state index contributed by atoms with van der Waals surface area (Å²) >= 11 is 3.10. The molecule has 2 aliphatic heterocycles. The number of ether oxygens (including phenoxy) is 2. The molecule has 0 N–H and O–H groups in total. The van der Waals surface area contributed by atoms with Gasteiger partial charge in [0.15, 0.2) is 0 Å². The van der Waals surface area contributed by atoms with E-state index in [1.165, 1.54) is 19.1 Å². The number of esters is 2. The fraction of sp³-hybridized carbons (Fsp3) is 0.464. The van der Waals surface area contributed by atoms with Crippen LogP contribution < -0.4 is 0 Å². The molecule has 0 bridgehead atoms. The second-order valence-corrected chi connectivity index (χ2v) is 31.5. The quantitative estimate of drug-likeness (QED) is 0.0292. The van der Waals surface area contributed by atoms with Gasteiger partial charge in [0, 0.05) is 6.54 Å². The Labute approximate surface area is 432 Å². The number of methoxy groups -OCH3 is 2. The molecule has 15 heteroatoms. The van der Waals surface area contributed by atoms with Crippen LogP contribution in [-0.2, 0) is 47.5 Å². The van der Waals surface area contributed by atoms with Gasteiger partial charge in [0.2, 0.25) is 16.6 Å². The SMILES string of the molecule is COC(=O)C(CN1C(=O)c2ccccc2C1=O)c1ccc(CO[Si](C(C)C)(C(C)C)C(C)C)cc1.COC(=O)Cc1ccc(CO[Si](C(C)C)(C(C)C)C(C)C)cc1.O=C1c2ccccc2C(=O)N1CBr. The lowest BCUT2D eigenvalue weighted by Crippen LogP contribution is -2.47. The minimum Gasteiger partial charge on any atom is -0.469 e. The summed E-state index contributed by atoms with van der Waals surface area (Å²) in [5.74, 6) is -2.69. The van der Waals surface area contributed by atoms with E-state index in [1.54, 1.807) is 48.5 Å². The Morgan fingerprint density at radius 3 is 1.11 bits per heavy atom. The van der Waals surface area contributed by atoms with E-state index < -0.39 is 28.5 Å². The lowest BCUT2D eigenvalue weighted by Gasteiger charge is -2.42. The van der Waals surface area contributed by atoms with Crippen LogP contribution in [-0.4, -0.2) is 88.2 Å². The van der Waals surface area contributed by atoms with Gasteiger partial charge in [-0.1, -0.05) is 172 Å². The molecule has 1 atom stereocenters. The largest absolute Gasteiger partial charge is 0.469 e. The number of rotatable bonds is 19. The van der Waals surface area contributed by atoms with Crippen molar-refractivity contribution in [2.75, 3.05) is 26.2 Å². The van der Waals surface area contributed by atoms with Gasteiger partial charge in [-0.05, 0) is 79.8 Å². The van der Waals surface area contributed by atoms with Crippen LogP contribution in [0.5, 0.6) is 0 Å². The highest BCUT2D eigenvalue weighted by Crippen LogP contribution is 2.44. The summed E-state index contributed by atoms with van der Waals surface area (Å²) < 4.78 is 23.0. The smallest absolute Gasteiger partial charge is 0.314 e. The molecule has 0 aliphatic carbocycles. The zero-order chi connectivity index (χ0) is 53.0. The van der Waals surface area contributed by atoms with Crippen LogP contribution in [0, 0.1) is 0 Å². The Hall–Kier alpha value is -5.07. The second kappa shape index (κ2) is 26.1. The van der Waals surface area contributed by atoms with E-state index in [1.807, 2.05) is 36.4 Å². The molecule has 12 nitrogen and oxygen atoms in total. The summed E-state index contributed by atoms with van der Waals surface area (Å²) in [4.78, 5) is 75.0. The normalized spacial score (nSPS) is 14.0. The summed E-state index contributed by atoms with van der Waals surface area (Å²) in [6.07, 6.45) is 0.320. The van der Waals surface area contributed by atoms with E-state index in [2.05, 4.69) is 111 Å². The van der Waals surface area contributed by atoms with Crippen LogP contribution in [0.2, 0.25) is 33.2 Å². The summed E-state index contributed by atoms with van der Waals surface area (Å²) in [5.41, 5.74) is 9.04. The molecule has 4 amide bonds. The van der Waals surface area contributed by atoms with Gasteiger partial charge in [-0.25, -0.2) is 0 Å². The average Bonchev–Trinajstić information content (AvgIpc) is 3.73. The average molecular weight is 1070 g/mol. The molecular weight excluding hydrogens is 997 g/mol. The molecule has 0 radical (unpaired) electrons. The maximum Gasteiger partial charge on any atom is 0.314 e. The molecule has 2 heterocycles. The van der Waals surface area contributed by atoms with Crippen LogP contribution in [0.15, 0.2) is 97.1 Å². The summed E-state index contributed by atoms with van der Waals surface area (Å²) in [5, 5.41) is 0. The van der Waals surface area contributed by atoms with Crippen molar-refractivity contribution in [3.63, 3.8) is 0 Å². The molecule has 0 saturated carbocycles. The van der Waals surface area contributed by atoms with E-state index in [-0.39, 0.29) is 41.6 Å². The molecule has 384 valence electrons. The summed E-state index contributed by atoms with van der Waals surface area (Å²) in [6, 6.07) is 29.3. The van der Waals surface area contributed by atoms with Crippen molar-refractivity contribution in [3.05, 3.63) is 142 Å². The topological polar surface area (TPSA) is 146 Å². The zero-order valence-corrected chi connectivity index (χ0v) is 47.8. The van der Waals surface area contributed by atoms with E-state index in [4.69, 9.17) is 18.3 Å². The lowest BCUT2D eigenvalue weighted by atomic mass is 9.97. The number of hydrogen-bond donors (Lipinski definition) is 0. The lowest BCUT2D eigenvalue weighted by molar-refractivity contribution is -0.142. The van der Waals surface area contributed by atoms with Gasteiger partial charge in [0.05, 0.1) is 67.5 Å². The minimum atomic E-state index is -2.00. The molecule has 0 fully saturated rings. The predicted octanol–water partition coefficient (Wildman–Crippen LogP) is 12.7. The highest BCUT2D eigenvalue weighted by atomic mass is 79.9. The van der Waals surface area contributed by atoms with E-state index in [0.717, 1.165) is 21.6 Å². The number of amides is 4. The molecule has 1 unspecified atom stereocenters. The van der Waals surface area contributed by atoms with Crippen molar-refractivity contribution in [1.29, 1.82) is 0 Å².